The Hall–Kier alpha value is -0.670. The van der Waals surface area contributed by atoms with Gasteiger partial charge in [0.05, 0.1) is 13.2 Å². The van der Waals surface area contributed by atoms with Gasteiger partial charge in [0.1, 0.15) is 0 Å². The number of unbranched alkanes of at least 4 members (excludes halogenated alkanes) is 21. The molecule has 41 heavy (non-hydrogen) atoms. The second-order valence-electron chi connectivity index (χ2n) is 11.7. The normalized spacial score (nSPS) is 13.7. The summed E-state index contributed by atoms with van der Waals surface area (Å²) < 4.78 is 22.3. The summed E-state index contributed by atoms with van der Waals surface area (Å²) in [5.41, 5.74) is 0. The van der Waals surface area contributed by atoms with Crippen molar-refractivity contribution >= 4 is 7.82 Å². The third kappa shape index (κ3) is 35.4. The summed E-state index contributed by atoms with van der Waals surface area (Å²) in [6, 6.07) is 0. The highest BCUT2D eigenvalue weighted by atomic mass is 31.2. The molecular formula is C36H69O4P. The van der Waals surface area contributed by atoms with Crippen molar-refractivity contribution in [2.75, 3.05) is 13.2 Å². The van der Waals surface area contributed by atoms with Crippen LogP contribution in [0.4, 0.5) is 0 Å². The van der Waals surface area contributed by atoms with E-state index >= 15 is 0 Å². The van der Waals surface area contributed by atoms with Gasteiger partial charge in [-0.2, -0.15) is 0 Å². The third-order valence-corrected chi connectivity index (χ3v) is 8.53. The molecule has 0 amide bonds. The van der Waals surface area contributed by atoms with Crippen molar-refractivity contribution in [3.05, 3.63) is 36.5 Å². The van der Waals surface area contributed by atoms with Crippen LogP contribution in [0.15, 0.2) is 36.5 Å². The predicted octanol–water partition coefficient (Wildman–Crippen LogP) is 13.0. The molecule has 0 heterocycles. The molecule has 0 rings (SSSR count). The van der Waals surface area contributed by atoms with E-state index in [1.54, 1.807) is 0 Å². The second-order valence-corrected chi connectivity index (χ2v) is 13.1. The van der Waals surface area contributed by atoms with Crippen LogP contribution in [0.25, 0.3) is 0 Å². The molecule has 1 N–H and O–H groups in total. The number of allylic oxidation sites excluding steroid dienone is 6. The summed E-state index contributed by atoms with van der Waals surface area (Å²) in [7, 11) is -3.89. The van der Waals surface area contributed by atoms with Gasteiger partial charge in [0, 0.05) is 0 Å². The van der Waals surface area contributed by atoms with Crippen molar-refractivity contribution in [1.82, 2.24) is 0 Å². The van der Waals surface area contributed by atoms with E-state index in [-0.39, 0.29) is 0 Å². The molecule has 4 nitrogen and oxygen atoms in total. The number of hydrogen-bond donors (Lipinski definition) is 1. The zero-order valence-corrected chi connectivity index (χ0v) is 28.3. The minimum Gasteiger partial charge on any atom is -0.302 e. The molecule has 0 saturated heterocycles. The van der Waals surface area contributed by atoms with Crippen LogP contribution in [0.2, 0.25) is 0 Å². The summed E-state index contributed by atoms with van der Waals surface area (Å²) in [6.07, 6.45) is 45.4. The lowest BCUT2D eigenvalue weighted by molar-refractivity contribution is 0.145. The molecule has 0 aliphatic heterocycles. The van der Waals surface area contributed by atoms with Crippen LogP contribution in [0.1, 0.15) is 181 Å². The van der Waals surface area contributed by atoms with Crippen LogP contribution >= 0.6 is 7.82 Å². The molecule has 1 unspecified atom stereocenters. The van der Waals surface area contributed by atoms with Crippen molar-refractivity contribution in [3.63, 3.8) is 0 Å². The van der Waals surface area contributed by atoms with Gasteiger partial charge in [-0.25, -0.2) is 4.57 Å². The molecule has 1 atom stereocenters. The molecule has 0 radical (unpaired) electrons. The maximum absolute atomic E-state index is 12.0. The Kier molecular flexibility index (Phi) is 33.3. The molecule has 0 aromatic heterocycles. The van der Waals surface area contributed by atoms with Crippen LogP contribution in [0.3, 0.4) is 0 Å². The van der Waals surface area contributed by atoms with Crippen molar-refractivity contribution < 1.29 is 18.5 Å². The Morgan fingerprint density at radius 3 is 1.15 bits per heavy atom. The molecule has 0 aliphatic carbocycles. The van der Waals surface area contributed by atoms with Crippen molar-refractivity contribution in [3.8, 4) is 0 Å². The Morgan fingerprint density at radius 1 is 0.439 bits per heavy atom. The molecule has 0 aliphatic rings. The fourth-order valence-corrected chi connectivity index (χ4v) is 5.63. The summed E-state index contributed by atoms with van der Waals surface area (Å²) in [6.45, 7) is 5.12. The minimum atomic E-state index is -3.89. The van der Waals surface area contributed by atoms with Crippen LogP contribution in [-0.2, 0) is 13.6 Å². The van der Waals surface area contributed by atoms with Gasteiger partial charge in [-0.3, -0.25) is 9.05 Å². The Morgan fingerprint density at radius 2 is 0.732 bits per heavy atom. The fraction of sp³-hybridized carbons (Fsp3) is 0.833. The maximum atomic E-state index is 12.0. The standard InChI is InChI=1S/C36H69O4P/c1-3-5-7-9-11-13-15-17-19-21-23-25-27-29-31-33-35-39-41(37,38)40-36-34-32-30-28-26-24-22-20-18-16-14-12-10-8-6-4-2/h11,13,17-20H,3-10,12,14-16,21-36H2,1-2H3,(H,37,38)/b13-11-,19-17-,20-18-. The zero-order chi connectivity index (χ0) is 30.0. The maximum Gasteiger partial charge on any atom is 0.472 e. The first-order valence-corrected chi connectivity index (χ1v) is 19.2. The molecule has 0 saturated carbocycles. The SMILES string of the molecule is CCCCC/C=C\C/C=C\CCCCCCCCOP(=O)(O)OCCCCCCCC/C=C\CCCCCCCC. The lowest BCUT2D eigenvalue weighted by Gasteiger charge is -2.12. The first kappa shape index (κ1) is 40.3. The van der Waals surface area contributed by atoms with E-state index in [2.05, 4.69) is 50.3 Å². The first-order chi connectivity index (χ1) is 20.1. The van der Waals surface area contributed by atoms with Gasteiger partial charge in [-0.15, -0.1) is 0 Å². The monoisotopic (exact) mass is 596 g/mol. The molecule has 242 valence electrons. The van der Waals surface area contributed by atoms with E-state index in [9.17, 15) is 9.46 Å². The van der Waals surface area contributed by atoms with E-state index in [4.69, 9.17) is 9.05 Å². The highest BCUT2D eigenvalue weighted by Crippen LogP contribution is 2.43. The molecule has 0 aromatic carbocycles. The van der Waals surface area contributed by atoms with E-state index in [1.165, 1.54) is 116 Å². The van der Waals surface area contributed by atoms with Crippen LogP contribution in [0, 0.1) is 0 Å². The minimum absolute atomic E-state index is 0.301. The highest BCUT2D eigenvalue weighted by Gasteiger charge is 2.19. The van der Waals surface area contributed by atoms with Gasteiger partial charge in [-0.05, 0) is 70.6 Å². The predicted molar refractivity (Wildman–Crippen MR) is 181 cm³/mol. The van der Waals surface area contributed by atoms with E-state index in [0.29, 0.717) is 13.2 Å². The van der Waals surface area contributed by atoms with Crippen LogP contribution in [0.5, 0.6) is 0 Å². The average Bonchev–Trinajstić information content (AvgIpc) is 2.96. The summed E-state index contributed by atoms with van der Waals surface area (Å²) in [5, 5.41) is 0. The first-order valence-electron chi connectivity index (χ1n) is 17.7. The highest BCUT2D eigenvalue weighted by molar-refractivity contribution is 7.47. The van der Waals surface area contributed by atoms with Gasteiger partial charge in [0.25, 0.3) is 0 Å². The van der Waals surface area contributed by atoms with E-state index in [1.807, 2.05) is 0 Å². The summed E-state index contributed by atoms with van der Waals surface area (Å²) in [5.74, 6) is 0. The molecule has 0 spiro atoms. The average molecular weight is 597 g/mol. The lowest BCUT2D eigenvalue weighted by atomic mass is 10.1. The van der Waals surface area contributed by atoms with E-state index in [0.717, 1.165) is 51.4 Å². The number of phosphoric ester groups is 1. The van der Waals surface area contributed by atoms with Crippen molar-refractivity contribution in [2.45, 2.75) is 181 Å². The van der Waals surface area contributed by atoms with Crippen molar-refractivity contribution in [1.29, 1.82) is 0 Å². The van der Waals surface area contributed by atoms with Crippen molar-refractivity contribution in [2.24, 2.45) is 0 Å². The van der Waals surface area contributed by atoms with Gasteiger partial charge in [0.15, 0.2) is 0 Å². The van der Waals surface area contributed by atoms with Crippen LogP contribution < -0.4 is 0 Å². The second kappa shape index (κ2) is 33.8. The fourth-order valence-electron chi connectivity index (χ4n) is 4.84. The summed E-state index contributed by atoms with van der Waals surface area (Å²) >= 11 is 0. The Bertz CT molecular complexity index is 643. The molecule has 0 aromatic rings. The molecule has 0 fully saturated rings. The Labute approximate surface area is 256 Å². The Balaban J connectivity index is 3.38. The smallest absolute Gasteiger partial charge is 0.302 e. The number of phosphoric acid groups is 1. The molecule has 5 heteroatoms. The molecular weight excluding hydrogens is 527 g/mol. The molecule has 0 bridgehead atoms. The largest absolute Gasteiger partial charge is 0.472 e. The number of rotatable bonds is 33. The summed E-state index contributed by atoms with van der Waals surface area (Å²) in [4.78, 5) is 9.86. The van der Waals surface area contributed by atoms with Crippen LogP contribution in [-0.4, -0.2) is 18.1 Å². The lowest BCUT2D eigenvalue weighted by Crippen LogP contribution is -1.99. The zero-order valence-electron chi connectivity index (χ0n) is 27.4. The van der Waals surface area contributed by atoms with Gasteiger partial charge in [0.2, 0.25) is 0 Å². The van der Waals surface area contributed by atoms with Gasteiger partial charge < -0.3 is 4.89 Å². The topological polar surface area (TPSA) is 55.8 Å². The third-order valence-electron chi connectivity index (χ3n) is 7.51. The quantitative estimate of drug-likeness (QED) is 0.0465. The van der Waals surface area contributed by atoms with Gasteiger partial charge in [-0.1, -0.05) is 147 Å². The van der Waals surface area contributed by atoms with Gasteiger partial charge >= 0.3 is 7.82 Å². The number of hydrogen-bond acceptors (Lipinski definition) is 3. The van der Waals surface area contributed by atoms with E-state index < -0.39 is 7.82 Å².